The van der Waals surface area contributed by atoms with Crippen LogP contribution < -0.4 is 0 Å². The molecule has 1 aliphatic carbocycles. The fraction of sp³-hybridized carbons (Fsp3) is 0.0566. The van der Waals surface area contributed by atoms with Crippen molar-refractivity contribution in [3.63, 3.8) is 0 Å². The van der Waals surface area contributed by atoms with Crippen LogP contribution in [-0.2, 0) is 5.41 Å². The van der Waals surface area contributed by atoms with Crippen molar-refractivity contribution >= 4 is 85.4 Å². The van der Waals surface area contributed by atoms with E-state index in [9.17, 15) is 0 Å². The zero-order valence-electron chi connectivity index (χ0n) is 30.1. The van der Waals surface area contributed by atoms with Crippen LogP contribution in [0.2, 0.25) is 0 Å². The first-order valence-electron chi connectivity index (χ1n) is 18.9. The van der Waals surface area contributed by atoms with E-state index in [1.807, 2.05) is 11.3 Å². The predicted molar refractivity (Wildman–Crippen MR) is 235 cm³/mol. The molecule has 11 aromatic rings. The summed E-state index contributed by atoms with van der Waals surface area (Å²) >= 11 is 1.93. The van der Waals surface area contributed by atoms with Crippen molar-refractivity contribution < 1.29 is 0 Å². The van der Waals surface area contributed by atoms with Gasteiger partial charge in [0.1, 0.15) is 0 Å². The van der Waals surface area contributed by atoms with Crippen molar-refractivity contribution in [2.24, 2.45) is 0 Å². The van der Waals surface area contributed by atoms with Gasteiger partial charge in [0.2, 0.25) is 0 Å². The normalized spacial score (nSPS) is 13.5. The molecule has 1 aromatic heterocycles. The van der Waals surface area contributed by atoms with E-state index in [0.717, 1.165) is 0 Å². The van der Waals surface area contributed by atoms with Gasteiger partial charge in [-0.3, -0.25) is 0 Å². The summed E-state index contributed by atoms with van der Waals surface area (Å²) in [4.78, 5) is 0. The molecule has 0 atom stereocenters. The summed E-state index contributed by atoms with van der Waals surface area (Å²) in [5, 5.41) is 15.8. The molecular formula is C53H34S. The van der Waals surface area contributed by atoms with E-state index in [2.05, 4.69) is 184 Å². The quantitative estimate of drug-likeness (QED) is 0.124. The highest BCUT2D eigenvalue weighted by Gasteiger charge is 2.35. The molecule has 12 rings (SSSR count). The van der Waals surface area contributed by atoms with Crippen molar-refractivity contribution in [2.45, 2.75) is 19.3 Å². The Morgan fingerprint density at radius 1 is 0.352 bits per heavy atom. The Hall–Kier alpha value is -6.28. The summed E-state index contributed by atoms with van der Waals surface area (Å²) in [6, 6.07) is 64.0. The molecule has 1 heterocycles. The van der Waals surface area contributed by atoms with Crippen LogP contribution in [0.1, 0.15) is 25.0 Å². The lowest BCUT2D eigenvalue weighted by atomic mass is 9.81. The van der Waals surface area contributed by atoms with E-state index in [4.69, 9.17) is 0 Å². The van der Waals surface area contributed by atoms with E-state index in [1.165, 1.54) is 119 Å². The zero-order valence-corrected chi connectivity index (χ0v) is 30.9. The van der Waals surface area contributed by atoms with Gasteiger partial charge in [0.25, 0.3) is 0 Å². The molecular weight excluding hydrogens is 669 g/mol. The molecule has 1 heteroatoms. The molecule has 252 valence electrons. The van der Waals surface area contributed by atoms with Gasteiger partial charge in [-0.2, -0.15) is 0 Å². The second kappa shape index (κ2) is 10.9. The van der Waals surface area contributed by atoms with Gasteiger partial charge < -0.3 is 0 Å². The maximum absolute atomic E-state index is 2.46. The third kappa shape index (κ3) is 3.97. The van der Waals surface area contributed by atoms with Crippen LogP contribution >= 0.6 is 11.3 Å². The van der Waals surface area contributed by atoms with Crippen LogP contribution in [-0.4, -0.2) is 0 Å². The van der Waals surface area contributed by atoms with Crippen LogP contribution in [0.15, 0.2) is 170 Å². The largest absolute Gasteiger partial charge is 0.135 e. The van der Waals surface area contributed by atoms with Gasteiger partial charge in [0.15, 0.2) is 0 Å². The average Bonchev–Trinajstić information content (AvgIpc) is 3.71. The minimum absolute atomic E-state index is 0.0178. The molecule has 0 bridgehead atoms. The van der Waals surface area contributed by atoms with E-state index in [0.29, 0.717) is 0 Å². The van der Waals surface area contributed by atoms with Crippen molar-refractivity contribution in [2.75, 3.05) is 0 Å². The minimum Gasteiger partial charge on any atom is -0.135 e. The van der Waals surface area contributed by atoms with E-state index < -0.39 is 0 Å². The molecule has 54 heavy (non-hydrogen) atoms. The lowest BCUT2D eigenvalue weighted by molar-refractivity contribution is 0.660. The van der Waals surface area contributed by atoms with Crippen molar-refractivity contribution in [1.82, 2.24) is 0 Å². The highest BCUT2D eigenvalue weighted by Crippen LogP contribution is 2.52. The summed E-state index contributed by atoms with van der Waals surface area (Å²) in [5.74, 6) is 0. The Morgan fingerprint density at radius 2 is 0.815 bits per heavy atom. The van der Waals surface area contributed by atoms with Crippen molar-refractivity contribution in [3.8, 4) is 33.4 Å². The molecule has 0 nitrogen and oxygen atoms in total. The molecule has 1 aliphatic rings. The van der Waals surface area contributed by atoms with E-state index >= 15 is 0 Å². The number of benzene rings is 10. The molecule has 0 N–H and O–H groups in total. The van der Waals surface area contributed by atoms with Crippen LogP contribution in [0.4, 0.5) is 0 Å². The summed E-state index contributed by atoms with van der Waals surface area (Å²) in [7, 11) is 0. The minimum atomic E-state index is -0.0178. The molecule has 0 amide bonds. The first kappa shape index (κ1) is 30.2. The summed E-state index contributed by atoms with van der Waals surface area (Å²) in [6.07, 6.45) is 0. The molecule has 0 saturated heterocycles. The lowest BCUT2D eigenvalue weighted by Gasteiger charge is -2.22. The second-order valence-corrected chi connectivity index (χ2v) is 16.6. The van der Waals surface area contributed by atoms with Gasteiger partial charge in [0, 0.05) is 31.0 Å². The first-order chi connectivity index (χ1) is 26.6. The van der Waals surface area contributed by atoms with Crippen LogP contribution in [0.5, 0.6) is 0 Å². The Labute approximate surface area is 317 Å². The van der Waals surface area contributed by atoms with Crippen molar-refractivity contribution in [3.05, 3.63) is 181 Å². The molecule has 0 fully saturated rings. The number of thiophene rings is 1. The predicted octanol–water partition coefficient (Wildman–Crippen LogP) is 15.5. The summed E-state index contributed by atoms with van der Waals surface area (Å²) < 4.78 is 2.69. The number of rotatable bonds is 2. The number of hydrogen-bond donors (Lipinski definition) is 0. The van der Waals surface area contributed by atoms with Gasteiger partial charge in [-0.25, -0.2) is 0 Å². The zero-order chi connectivity index (χ0) is 35.7. The summed E-state index contributed by atoms with van der Waals surface area (Å²) in [6.45, 7) is 4.72. The van der Waals surface area contributed by atoms with Crippen LogP contribution in [0, 0.1) is 0 Å². The SMILES string of the molecule is CC1(C)c2ccccc2-c2cc(-c3c4ccccc4c(-c4ccc5sc6c(ccc7c8ccccc8c8ccccc8c76)c5c4)c4ccccc34)ccc21. The maximum atomic E-state index is 2.46. The fourth-order valence-electron chi connectivity index (χ4n) is 10.0. The third-order valence-electron chi connectivity index (χ3n) is 12.4. The highest BCUT2D eigenvalue weighted by molar-refractivity contribution is 7.26. The topological polar surface area (TPSA) is 0 Å². The Bertz CT molecular complexity index is 3320. The summed E-state index contributed by atoms with van der Waals surface area (Å²) in [5.41, 5.74) is 10.6. The van der Waals surface area contributed by atoms with E-state index in [-0.39, 0.29) is 5.41 Å². The molecule has 0 radical (unpaired) electrons. The van der Waals surface area contributed by atoms with Crippen LogP contribution in [0.25, 0.3) is 107 Å². The standard InChI is InChI=1S/C53H34S/c1-53(2)46-22-12-11-16-36(46)44-29-31(23-27-47(44)53)49-38-18-7-9-20-40(38)50(41-21-10-8-19-39(41)49)32-24-28-48-45(30-32)43-26-25-42-35-15-4-3-13-33(35)34-14-5-6-17-37(34)51(42)52(43)54-48/h3-30H,1-2H3. The third-order valence-corrected chi connectivity index (χ3v) is 13.6. The number of fused-ring (bicyclic) bond motifs is 15. The van der Waals surface area contributed by atoms with Gasteiger partial charge in [-0.15, -0.1) is 11.3 Å². The molecule has 0 spiro atoms. The van der Waals surface area contributed by atoms with E-state index in [1.54, 1.807) is 0 Å². The van der Waals surface area contributed by atoms with Crippen LogP contribution in [0.3, 0.4) is 0 Å². The lowest BCUT2D eigenvalue weighted by Crippen LogP contribution is -2.14. The second-order valence-electron chi connectivity index (χ2n) is 15.5. The van der Waals surface area contributed by atoms with Crippen molar-refractivity contribution in [1.29, 1.82) is 0 Å². The Morgan fingerprint density at radius 3 is 1.46 bits per heavy atom. The molecule has 0 unspecified atom stereocenters. The van der Waals surface area contributed by atoms with Gasteiger partial charge >= 0.3 is 0 Å². The highest BCUT2D eigenvalue weighted by atomic mass is 32.1. The van der Waals surface area contributed by atoms with Gasteiger partial charge in [0.05, 0.1) is 0 Å². The molecule has 0 aliphatic heterocycles. The maximum Gasteiger partial charge on any atom is 0.0440 e. The Balaban J connectivity index is 1.12. The first-order valence-corrected chi connectivity index (χ1v) is 19.7. The van der Waals surface area contributed by atoms with Gasteiger partial charge in [-0.1, -0.05) is 166 Å². The monoisotopic (exact) mass is 702 g/mol. The fourth-order valence-corrected chi connectivity index (χ4v) is 11.2. The number of hydrogen-bond acceptors (Lipinski definition) is 1. The Kier molecular flexibility index (Phi) is 6.09. The average molecular weight is 703 g/mol. The smallest absolute Gasteiger partial charge is 0.0440 e. The molecule has 0 saturated carbocycles. The van der Waals surface area contributed by atoms with Gasteiger partial charge in [-0.05, 0) is 111 Å². The molecule has 10 aromatic carbocycles.